The number of aromatic nitrogens is 2. The summed E-state index contributed by atoms with van der Waals surface area (Å²) >= 11 is 0. The second-order valence-corrected chi connectivity index (χ2v) is 13.1. The molecule has 0 amide bonds. The Morgan fingerprint density at radius 1 is 0.930 bits per heavy atom. The molecular formula is C30H55N4O8P. The average Bonchev–Trinajstić information content (AvgIpc) is 3.25. The van der Waals surface area contributed by atoms with Gasteiger partial charge in [0.2, 0.25) is 0 Å². The fourth-order valence-electron chi connectivity index (χ4n) is 4.98. The summed E-state index contributed by atoms with van der Waals surface area (Å²) in [6, 6.07) is 1.46. The monoisotopic (exact) mass is 630 g/mol. The highest BCUT2D eigenvalue weighted by Crippen LogP contribution is 2.44. The first kappa shape index (κ1) is 37.5. The summed E-state index contributed by atoms with van der Waals surface area (Å²) in [5.41, 5.74) is -0.735. The van der Waals surface area contributed by atoms with E-state index in [2.05, 4.69) is 16.9 Å². The van der Waals surface area contributed by atoms with E-state index in [-0.39, 0.29) is 12.4 Å². The predicted molar refractivity (Wildman–Crippen MR) is 168 cm³/mol. The number of hydrogen-bond donors (Lipinski definition) is 3. The molecule has 1 aromatic rings. The minimum absolute atomic E-state index is 0.0786. The van der Waals surface area contributed by atoms with Crippen LogP contribution in [0, 0.1) is 0 Å². The highest BCUT2D eigenvalue weighted by molar-refractivity contribution is 7.47. The Morgan fingerprint density at radius 3 is 1.98 bits per heavy atom. The van der Waals surface area contributed by atoms with Crippen molar-refractivity contribution in [3.8, 4) is 0 Å². The van der Waals surface area contributed by atoms with Crippen molar-refractivity contribution in [3.63, 3.8) is 0 Å². The van der Waals surface area contributed by atoms with E-state index in [0.717, 1.165) is 23.8 Å². The van der Waals surface area contributed by atoms with E-state index in [1.807, 2.05) is 0 Å². The zero-order chi connectivity index (χ0) is 31.5. The molecule has 0 aliphatic carbocycles. The van der Waals surface area contributed by atoms with Crippen molar-refractivity contribution in [2.75, 3.05) is 27.3 Å². The van der Waals surface area contributed by atoms with E-state index in [9.17, 15) is 24.5 Å². The number of phosphoric acid groups is 1. The summed E-state index contributed by atoms with van der Waals surface area (Å²) in [5.74, 6) is 0.172. The number of hydrogen-bond acceptors (Lipinski definition) is 9. The van der Waals surface area contributed by atoms with Crippen molar-refractivity contribution in [2.24, 2.45) is 4.99 Å². The first-order valence-electron chi connectivity index (χ1n) is 16.1. The maximum Gasteiger partial charge on any atom is 0.472 e. The molecule has 0 bridgehead atoms. The first-order valence-corrected chi connectivity index (χ1v) is 17.6. The van der Waals surface area contributed by atoms with Gasteiger partial charge < -0.3 is 24.7 Å². The van der Waals surface area contributed by atoms with Gasteiger partial charge >= 0.3 is 13.5 Å². The standard InChI is InChI=1S/C30H55N4O8P/c1-4-5-6-7-8-9-10-11-12-13-14-15-16-17-18-19-22-40-43(38,39)41-23-25-27(35)28(36)29(42-25)34-21-20-26(32-30(34)37)31-24-33(2)3/h20-21,24-25,27-29,35-36H,4-19,22-23H2,1-3H3,(H,38,39)/b31-24+/t25-,27+,28?,29-/m1/s1. The van der Waals surface area contributed by atoms with Crippen LogP contribution >= 0.6 is 7.82 Å². The third kappa shape index (κ3) is 15.3. The maximum atomic E-state index is 12.4. The average molecular weight is 631 g/mol. The van der Waals surface area contributed by atoms with Crippen molar-refractivity contribution in [3.05, 3.63) is 22.7 Å². The van der Waals surface area contributed by atoms with Gasteiger partial charge in [0.1, 0.15) is 18.3 Å². The Kier molecular flexibility index (Phi) is 18.5. The highest BCUT2D eigenvalue weighted by atomic mass is 31.2. The maximum absolute atomic E-state index is 12.4. The summed E-state index contributed by atoms with van der Waals surface area (Å²) < 4.78 is 29.0. The molecule has 2 rings (SSSR count). The lowest BCUT2D eigenvalue weighted by Gasteiger charge is -2.18. The molecule has 1 fully saturated rings. The van der Waals surface area contributed by atoms with Crippen molar-refractivity contribution >= 4 is 20.0 Å². The minimum Gasteiger partial charge on any atom is -0.387 e. The molecule has 0 spiro atoms. The number of phosphoric ester groups is 1. The normalized spacial score (nSPS) is 21.9. The lowest BCUT2D eigenvalue weighted by molar-refractivity contribution is -0.0551. The van der Waals surface area contributed by atoms with Crippen LogP contribution in [-0.4, -0.2) is 81.5 Å². The van der Waals surface area contributed by atoms with E-state index < -0.39 is 44.7 Å². The number of nitrogens with zero attached hydrogens (tertiary/aromatic N) is 4. The number of rotatable bonds is 24. The molecule has 1 aliphatic heterocycles. The van der Waals surface area contributed by atoms with E-state index >= 15 is 0 Å². The van der Waals surface area contributed by atoms with Crippen LogP contribution in [0.4, 0.5) is 5.82 Å². The van der Waals surface area contributed by atoms with Crippen LogP contribution in [0.2, 0.25) is 0 Å². The van der Waals surface area contributed by atoms with E-state index in [1.54, 1.807) is 19.0 Å². The molecule has 1 saturated heterocycles. The van der Waals surface area contributed by atoms with E-state index in [1.165, 1.54) is 95.7 Å². The van der Waals surface area contributed by atoms with Gasteiger partial charge in [0.05, 0.1) is 19.6 Å². The molecule has 2 heterocycles. The molecule has 2 unspecified atom stereocenters. The second-order valence-electron chi connectivity index (χ2n) is 11.6. The minimum atomic E-state index is -4.38. The van der Waals surface area contributed by atoms with Crippen LogP contribution in [0.25, 0.3) is 0 Å². The topological polar surface area (TPSA) is 156 Å². The van der Waals surface area contributed by atoms with Gasteiger partial charge in [-0.15, -0.1) is 0 Å². The Labute approximate surface area is 257 Å². The lowest BCUT2D eigenvalue weighted by Crippen LogP contribution is -2.36. The zero-order valence-corrected chi connectivity index (χ0v) is 27.3. The molecule has 5 atom stereocenters. The first-order chi connectivity index (χ1) is 20.6. The van der Waals surface area contributed by atoms with Crippen LogP contribution in [-0.2, 0) is 18.3 Å². The lowest BCUT2D eigenvalue weighted by atomic mass is 10.0. The summed E-state index contributed by atoms with van der Waals surface area (Å²) in [6.45, 7) is 1.83. The van der Waals surface area contributed by atoms with Gasteiger partial charge in [-0.25, -0.2) is 14.4 Å². The number of unbranched alkanes of at least 4 members (excludes halogenated alkanes) is 15. The van der Waals surface area contributed by atoms with Crippen molar-refractivity contribution in [2.45, 2.75) is 134 Å². The molecule has 1 aliphatic rings. The summed E-state index contributed by atoms with van der Waals surface area (Å²) in [7, 11) is -0.833. The van der Waals surface area contributed by atoms with Crippen LogP contribution < -0.4 is 5.69 Å². The molecule has 3 N–H and O–H groups in total. The third-order valence-electron chi connectivity index (χ3n) is 7.50. The van der Waals surface area contributed by atoms with Crippen LogP contribution in [0.5, 0.6) is 0 Å². The molecule has 0 saturated carbocycles. The van der Waals surface area contributed by atoms with Gasteiger partial charge in [-0.3, -0.25) is 13.6 Å². The van der Waals surface area contributed by atoms with Crippen LogP contribution in [0.3, 0.4) is 0 Å². The highest BCUT2D eigenvalue weighted by Gasteiger charge is 2.45. The van der Waals surface area contributed by atoms with E-state index in [4.69, 9.17) is 13.8 Å². The van der Waals surface area contributed by atoms with Crippen LogP contribution in [0.1, 0.15) is 116 Å². The van der Waals surface area contributed by atoms with Crippen molar-refractivity contribution < 1.29 is 33.5 Å². The molecule has 0 aromatic carbocycles. The molecule has 12 nitrogen and oxygen atoms in total. The van der Waals surface area contributed by atoms with Crippen molar-refractivity contribution in [1.29, 1.82) is 0 Å². The predicted octanol–water partition coefficient (Wildman–Crippen LogP) is 5.48. The second kappa shape index (κ2) is 21.1. The molecule has 0 radical (unpaired) electrons. The van der Waals surface area contributed by atoms with Gasteiger partial charge in [-0.05, 0) is 12.5 Å². The Morgan fingerprint density at radius 2 is 1.47 bits per heavy atom. The van der Waals surface area contributed by atoms with E-state index in [0.29, 0.717) is 6.42 Å². The molecule has 13 heteroatoms. The number of aliphatic hydroxyl groups excluding tert-OH is 2. The summed E-state index contributed by atoms with van der Waals surface area (Å²) in [5, 5.41) is 20.8. The summed E-state index contributed by atoms with van der Waals surface area (Å²) in [4.78, 5) is 32.0. The van der Waals surface area contributed by atoms with Crippen LogP contribution in [0.15, 0.2) is 22.1 Å². The Hall–Kier alpha value is -1.66. The molecule has 248 valence electrons. The SMILES string of the molecule is CCCCCCCCCCCCCCCCCCOP(=O)(O)OC[C@H]1O[C@@H](n2ccc(/N=C/N(C)C)nc2=O)C(O)[C@H]1O. The summed E-state index contributed by atoms with van der Waals surface area (Å²) in [6.07, 6.45) is 17.3. The Bertz CT molecular complexity index is 1020. The van der Waals surface area contributed by atoms with Gasteiger partial charge in [0.15, 0.2) is 12.0 Å². The smallest absolute Gasteiger partial charge is 0.387 e. The number of aliphatic imine (C=N–C) groups is 1. The quantitative estimate of drug-likeness (QED) is 0.0579. The van der Waals surface area contributed by atoms with Gasteiger partial charge in [-0.1, -0.05) is 103 Å². The fraction of sp³-hybridized carbons (Fsp3) is 0.833. The van der Waals surface area contributed by atoms with Crippen molar-refractivity contribution in [1.82, 2.24) is 14.5 Å². The number of ether oxygens (including phenoxy) is 1. The molecule has 1 aromatic heterocycles. The molecular weight excluding hydrogens is 575 g/mol. The number of aliphatic hydroxyl groups is 2. The largest absolute Gasteiger partial charge is 0.472 e. The molecule has 43 heavy (non-hydrogen) atoms. The van der Waals surface area contributed by atoms with Gasteiger partial charge in [0, 0.05) is 20.3 Å². The van der Waals surface area contributed by atoms with Gasteiger partial charge in [0.25, 0.3) is 0 Å². The fourth-order valence-corrected chi connectivity index (χ4v) is 5.75. The Balaban J connectivity index is 1.55. The zero-order valence-electron chi connectivity index (χ0n) is 26.4. The van der Waals surface area contributed by atoms with Gasteiger partial charge in [-0.2, -0.15) is 4.98 Å². The third-order valence-corrected chi connectivity index (χ3v) is 8.49.